The molecule has 0 atom stereocenters. The summed E-state index contributed by atoms with van der Waals surface area (Å²) < 4.78 is 5.42. The molecule has 0 unspecified atom stereocenters. The molecule has 0 saturated heterocycles. The number of ether oxygens (including phenoxy) is 1. The number of guanidine groups is 1. The molecular formula is C15H23N3O. The van der Waals surface area contributed by atoms with Crippen LogP contribution in [0.3, 0.4) is 0 Å². The van der Waals surface area contributed by atoms with Crippen LogP contribution < -0.4 is 11.1 Å². The van der Waals surface area contributed by atoms with E-state index in [-0.39, 0.29) is 0 Å². The van der Waals surface area contributed by atoms with Crippen molar-refractivity contribution in [3.8, 4) is 0 Å². The van der Waals surface area contributed by atoms with E-state index in [9.17, 15) is 0 Å². The first-order chi connectivity index (χ1) is 9.24. The van der Waals surface area contributed by atoms with Crippen LogP contribution in [0.15, 0.2) is 35.3 Å². The first-order valence-electron chi connectivity index (χ1n) is 6.94. The lowest BCUT2D eigenvalue weighted by Gasteiger charge is -2.13. The highest BCUT2D eigenvalue weighted by Crippen LogP contribution is 2.48. The molecule has 0 aromatic heterocycles. The van der Waals surface area contributed by atoms with Gasteiger partial charge in [-0.3, -0.25) is 4.99 Å². The van der Waals surface area contributed by atoms with Crippen LogP contribution in [0.4, 0.5) is 5.69 Å². The molecule has 1 saturated carbocycles. The highest BCUT2D eigenvalue weighted by molar-refractivity contribution is 5.92. The Morgan fingerprint density at radius 3 is 2.74 bits per heavy atom. The molecule has 0 bridgehead atoms. The summed E-state index contributed by atoms with van der Waals surface area (Å²) in [6.45, 7) is 4.44. The number of aliphatic imine (C=N–C) groups is 1. The fraction of sp³-hybridized carbons (Fsp3) is 0.533. The molecule has 104 valence electrons. The number of nitrogens with zero attached hydrogens (tertiary/aromatic N) is 1. The molecule has 0 spiro atoms. The van der Waals surface area contributed by atoms with Crippen molar-refractivity contribution in [2.45, 2.75) is 26.2 Å². The largest absolute Gasteiger partial charge is 0.382 e. The molecule has 1 aromatic rings. The summed E-state index contributed by atoms with van der Waals surface area (Å²) in [5.41, 5.74) is 7.22. The van der Waals surface area contributed by atoms with Gasteiger partial charge in [0.1, 0.15) is 0 Å². The minimum absolute atomic E-state index is 0.345. The molecule has 3 N–H and O–H groups in total. The van der Waals surface area contributed by atoms with Crippen LogP contribution in [0.5, 0.6) is 0 Å². The van der Waals surface area contributed by atoms with E-state index < -0.39 is 0 Å². The molecule has 19 heavy (non-hydrogen) atoms. The fourth-order valence-corrected chi connectivity index (χ4v) is 2.06. The molecule has 0 amide bonds. The summed E-state index contributed by atoms with van der Waals surface area (Å²) in [4.78, 5) is 4.46. The van der Waals surface area contributed by atoms with Crippen LogP contribution in [-0.4, -0.2) is 25.7 Å². The molecule has 1 aromatic carbocycles. The van der Waals surface area contributed by atoms with E-state index in [1.165, 1.54) is 12.8 Å². The number of benzene rings is 1. The van der Waals surface area contributed by atoms with Gasteiger partial charge in [-0.2, -0.15) is 0 Å². The van der Waals surface area contributed by atoms with Crippen molar-refractivity contribution in [1.29, 1.82) is 0 Å². The zero-order valence-corrected chi connectivity index (χ0v) is 11.6. The van der Waals surface area contributed by atoms with Crippen LogP contribution in [0, 0.1) is 5.41 Å². The molecule has 0 radical (unpaired) electrons. The minimum atomic E-state index is 0.345. The van der Waals surface area contributed by atoms with Crippen molar-refractivity contribution in [2.24, 2.45) is 16.1 Å². The summed E-state index contributed by atoms with van der Waals surface area (Å²) >= 11 is 0. The highest BCUT2D eigenvalue weighted by Gasteiger charge is 2.41. The summed E-state index contributed by atoms with van der Waals surface area (Å²) in [6.07, 6.45) is 3.56. The van der Waals surface area contributed by atoms with Crippen molar-refractivity contribution in [2.75, 3.05) is 25.1 Å². The lowest BCUT2D eigenvalue weighted by atomic mass is 10.0. The predicted molar refractivity (Wildman–Crippen MR) is 79.3 cm³/mol. The molecular weight excluding hydrogens is 238 g/mol. The Kier molecular flexibility index (Phi) is 4.80. The van der Waals surface area contributed by atoms with E-state index in [2.05, 4.69) is 10.3 Å². The van der Waals surface area contributed by atoms with Gasteiger partial charge in [0, 0.05) is 25.4 Å². The topological polar surface area (TPSA) is 59.6 Å². The van der Waals surface area contributed by atoms with Crippen LogP contribution in [0.25, 0.3) is 0 Å². The Morgan fingerprint density at radius 2 is 2.11 bits per heavy atom. The summed E-state index contributed by atoms with van der Waals surface area (Å²) in [5.74, 6) is 0.494. The summed E-state index contributed by atoms with van der Waals surface area (Å²) in [7, 11) is 0. The Hall–Kier alpha value is -1.55. The van der Waals surface area contributed by atoms with Crippen molar-refractivity contribution >= 4 is 11.6 Å². The minimum Gasteiger partial charge on any atom is -0.382 e. The third kappa shape index (κ3) is 4.56. The van der Waals surface area contributed by atoms with Gasteiger partial charge < -0.3 is 15.8 Å². The van der Waals surface area contributed by atoms with Crippen LogP contribution in [0.2, 0.25) is 0 Å². The molecule has 1 aliphatic carbocycles. The Bertz CT molecular complexity index is 413. The van der Waals surface area contributed by atoms with Gasteiger partial charge in [-0.05, 0) is 43.7 Å². The third-order valence-corrected chi connectivity index (χ3v) is 3.57. The van der Waals surface area contributed by atoms with E-state index in [1.807, 2.05) is 37.3 Å². The van der Waals surface area contributed by atoms with Crippen LogP contribution in [-0.2, 0) is 4.74 Å². The first-order valence-corrected chi connectivity index (χ1v) is 6.94. The zero-order chi connectivity index (χ0) is 13.6. The Morgan fingerprint density at radius 1 is 1.37 bits per heavy atom. The quantitative estimate of drug-likeness (QED) is 0.450. The smallest absolute Gasteiger partial charge is 0.193 e. The molecule has 0 aliphatic heterocycles. The lowest BCUT2D eigenvalue weighted by Crippen LogP contribution is -2.24. The van der Waals surface area contributed by atoms with E-state index in [1.54, 1.807) is 0 Å². The summed E-state index contributed by atoms with van der Waals surface area (Å²) in [5, 5.41) is 3.11. The average Bonchev–Trinajstić information content (AvgIpc) is 3.19. The van der Waals surface area contributed by atoms with Crippen LogP contribution in [0.1, 0.15) is 26.2 Å². The fourth-order valence-electron chi connectivity index (χ4n) is 2.06. The molecule has 1 fully saturated rings. The number of nitrogens with one attached hydrogen (secondary N) is 1. The Balaban J connectivity index is 1.78. The van der Waals surface area contributed by atoms with Crippen molar-refractivity contribution in [1.82, 2.24) is 0 Å². The second kappa shape index (κ2) is 6.57. The van der Waals surface area contributed by atoms with Gasteiger partial charge in [0.05, 0.1) is 0 Å². The zero-order valence-electron chi connectivity index (χ0n) is 11.6. The van der Waals surface area contributed by atoms with Gasteiger partial charge in [0.15, 0.2) is 5.96 Å². The predicted octanol–water partition coefficient (Wildman–Crippen LogP) is 2.62. The lowest BCUT2D eigenvalue weighted by molar-refractivity contribution is 0.129. The number of nitrogens with two attached hydrogens (primary N) is 1. The standard InChI is InChI=1S/C15H23N3O/c1-2-19-11-10-15(8-9-15)12-17-14(16)18-13-6-4-3-5-7-13/h3-7H,2,8-12H2,1H3,(H3,16,17,18). The normalized spacial score (nSPS) is 17.2. The molecule has 4 nitrogen and oxygen atoms in total. The maximum absolute atomic E-state index is 5.90. The molecule has 0 heterocycles. The second-order valence-electron chi connectivity index (χ2n) is 5.14. The van der Waals surface area contributed by atoms with Gasteiger partial charge in [-0.15, -0.1) is 0 Å². The van der Waals surface area contributed by atoms with Gasteiger partial charge in [-0.25, -0.2) is 0 Å². The molecule has 4 heteroatoms. The SMILES string of the molecule is CCOCCC1(CN=C(N)Nc2ccccc2)CC1. The highest BCUT2D eigenvalue weighted by atomic mass is 16.5. The first kappa shape index (κ1) is 13.9. The third-order valence-electron chi connectivity index (χ3n) is 3.57. The molecule has 2 rings (SSSR count). The average molecular weight is 261 g/mol. The maximum Gasteiger partial charge on any atom is 0.193 e. The number of hydrogen-bond acceptors (Lipinski definition) is 2. The van der Waals surface area contributed by atoms with Crippen LogP contribution >= 0.6 is 0 Å². The van der Waals surface area contributed by atoms with Gasteiger partial charge >= 0.3 is 0 Å². The van der Waals surface area contributed by atoms with E-state index >= 15 is 0 Å². The van der Waals surface area contributed by atoms with Gasteiger partial charge in [0.25, 0.3) is 0 Å². The molecule has 1 aliphatic rings. The van der Waals surface area contributed by atoms with Gasteiger partial charge in [0.2, 0.25) is 0 Å². The van der Waals surface area contributed by atoms with Crippen molar-refractivity contribution < 1.29 is 4.74 Å². The van der Waals surface area contributed by atoms with E-state index in [0.29, 0.717) is 11.4 Å². The number of anilines is 1. The number of hydrogen-bond donors (Lipinski definition) is 2. The van der Waals surface area contributed by atoms with Gasteiger partial charge in [-0.1, -0.05) is 18.2 Å². The van der Waals surface area contributed by atoms with E-state index in [0.717, 1.165) is 31.9 Å². The van der Waals surface area contributed by atoms with Crippen molar-refractivity contribution in [3.63, 3.8) is 0 Å². The Labute approximate surface area is 115 Å². The maximum atomic E-state index is 5.90. The monoisotopic (exact) mass is 261 g/mol. The summed E-state index contributed by atoms with van der Waals surface area (Å²) in [6, 6.07) is 9.88. The second-order valence-corrected chi connectivity index (χ2v) is 5.14. The number of rotatable bonds is 7. The van der Waals surface area contributed by atoms with Crippen molar-refractivity contribution in [3.05, 3.63) is 30.3 Å². The van der Waals surface area contributed by atoms with E-state index in [4.69, 9.17) is 10.5 Å². The number of para-hydroxylation sites is 1.